The lowest BCUT2D eigenvalue weighted by Crippen LogP contribution is -2.51. The highest BCUT2D eigenvalue weighted by molar-refractivity contribution is 5.79. The molecule has 0 bridgehead atoms. The molecule has 0 aliphatic carbocycles. The minimum absolute atomic E-state index is 0.132. The molecule has 0 aromatic heterocycles. The van der Waals surface area contributed by atoms with Crippen molar-refractivity contribution in [2.75, 3.05) is 33.5 Å². The second-order valence-electron chi connectivity index (χ2n) is 5.33. The maximum Gasteiger partial charge on any atom is 0.305 e. The molecular weight excluding hydrogens is 302 g/mol. The molecule has 7 heteroatoms. The van der Waals surface area contributed by atoms with E-state index in [9.17, 15) is 9.59 Å². The predicted molar refractivity (Wildman–Crippen MR) is 81.8 cm³/mol. The summed E-state index contributed by atoms with van der Waals surface area (Å²) in [6, 6.07) is 4.85. The summed E-state index contributed by atoms with van der Waals surface area (Å²) in [7, 11) is 1.59. The van der Waals surface area contributed by atoms with E-state index in [2.05, 4.69) is 0 Å². The number of carboxylic acid groups (broad SMARTS) is 1. The van der Waals surface area contributed by atoms with Crippen LogP contribution in [0.2, 0.25) is 0 Å². The number of carbonyl (C=O) groups excluding carboxylic acids is 1. The number of rotatable bonds is 6. The Kier molecular flexibility index (Phi) is 5.81. The fourth-order valence-corrected chi connectivity index (χ4v) is 2.52. The highest BCUT2D eigenvalue weighted by Crippen LogP contribution is 2.23. The first-order valence-electron chi connectivity index (χ1n) is 7.37. The highest BCUT2D eigenvalue weighted by atomic mass is 16.5. The Bertz CT molecular complexity index is 574. The predicted octanol–water partition coefficient (Wildman–Crippen LogP) is 1.08. The van der Waals surface area contributed by atoms with Crippen molar-refractivity contribution in [3.63, 3.8) is 0 Å². The van der Waals surface area contributed by atoms with Crippen LogP contribution in [-0.4, -0.2) is 61.4 Å². The van der Waals surface area contributed by atoms with E-state index >= 15 is 0 Å². The molecule has 0 spiro atoms. The molecule has 1 saturated heterocycles. The average molecular weight is 323 g/mol. The Morgan fingerprint density at radius 1 is 1.43 bits per heavy atom. The second kappa shape index (κ2) is 7.82. The summed E-state index contributed by atoms with van der Waals surface area (Å²) in [5, 5.41) is 8.92. The van der Waals surface area contributed by atoms with Crippen LogP contribution in [0, 0.1) is 6.92 Å². The molecule has 2 rings (SSSR count). The van der Waals surface area contributed by atoms with E-state index in [4.69, 9.17) is 19.3 Å². The largest absolute Gasteiger partial charge is 0.496 e. The number of aliphatic carboxylic acids is 1. The van der Waals surface area contributed by atoms with Gasteiger partial charge >= 0.3 is 5.97 Å². The van der Waals surface area contributed by atoms with Crippen LogP contribution in [-0.2, 0) is 14.3 Å². The Labute approximate surface area is 134 Å². The first kappa shape index (κ1) is 17.1. The zero-order valence-electron chi connectivity index (χ0n) is 13.3. The smallest absolute Gasteiger partial charge is 0.305 e. The van der Waals surface area contributed by atoms with E-state index in [1.807, 2.05) is 6.92 Å². The highest BCUT2D eigenvalue weighted by Gasteiger charge is 2.29. The number of carbonyl (C=O) groups is 2. The Morgan fingerprint density at radius 2 is 2.22 bits per heavy atom. The van der Waals surface area contributed by atoms with Crippen LogP contribution in [0.25, 0.3) is 0 Å². The molecule has 1 unspecified atom stereocenters. The number of methoxy groups -OCH3 is 1. The van der Waals surface area contributed by atoms with Gasteiger partial charge in [-0.25, -0.2) is 0 Å². The van der Waals surface area contributed by atoms with E-state index in [-0.39, 0.29) is 25.5 Å². The lowest BCUT2D eigenvalue weighted by Gasteiger charge is -2.34. The summed E-state index contributed by atoms with van der Waals surface area (Å²) in [5.74, 6) is 0.121. The van der Waals surface area contributed by atoms with Crippen LogP contribution in [0.3, 0.4) is 0 Å². The minimum Gasteiger partial charge on any atom is -0.496 e. The summed E-state index contributed by atoms with van der Waals surface area (Å²) in [5.41, 5.74) is 0.910. The number of hydrogen-bond acceptors (Lipinski definition) is 5. The number of amides is 1. The summed E-state index contributed by atoms with van der Waals surface area (Å²) in [6.07, 6.45) is -0.132. The third-order valence-corrected chi connectivity index (χ3v) is 3.69. The quantitative estimate of drug-likeness (QED) is 0.843. The van der Waals surface area contributed by atoms with Gasteiger partial charge in [-0.1, -0.05) is 0 Å². The van der Waals surface area contributed by atoms with Gasteiger partial charge < -0.3 is 24.2 Å². The zero-order chi connectivity index (χ0) is 16.8. The van der Waals surface area contributed by atoms with Gasteiger partial charge in [0.15, 0.2) is 6.61 Å². The summed E-state index contributed by atoms with van der Waals surface area (Å²) in [4.78, 5) is 24.7. The van der Waals surface area contributed by atoms with Crippen molar-refractivity contribution in [1.82, 2.24) is 4.90 Å². The summed E-state index contributed by atoms with van der Waals surface area (Å²) in [6.45, 7) is 2.77. The first-order chi connectivity index (χ1) is 11.0. The maximum absolute atomic E-state index is 12.3. The number of ether oxygens (including phenoxy) is 3. The average Bonchev–Trinajstić information content (AvgIpc) is 2.52. The van der Waals surface area contributed by atoms with Gasteiger partial charge in [-0.15, -0.1) is 0 Å². The van der Waals surface area contributed by atoms with Gasteiger partial charge in [0.1, 0.15) is 11.5 Å². The van der Waals surface area contributed by atoms with E-state index in [0.29, 0.717) is 18.9 Å². The van der Waals surface area contributed by atoms with Crippen LogP contribution in [0.1, 0.15) is 12.0 Å². The molecule has 1 aromatic rings. The number of hydrogen-bond donors (Lipinski definition) is 1. The Hall–Kier alpha value is -2.28. The Morgan fingerprint density at radius 3 is 2.87 bits per heavy atom. The second-order valence-corrected chi connectivity index (χ2v) is 5.33. The molecule has 1 atom stereocenters. The van der Waals surface area contributed by atoms with Gasteiger partial charge in [0.2, 0.25) is 0 Å². The Balaban J connectivity index is 1.94. The van der Waals surface area contributed by atoms with Crippen molar-refractivity contribution in [3.05, 3.63) is 23.8 Å². The maximum atomic E-state index is 12.3. The standard InChI is InChI=1S/C16H21NO6/c1-11-7-13(3-4-14(11)21-2)23-10-15(18)17-5-6-22-9-12(17)8-16(19)20/h3-4,7,12H,5-6,8-10H2,1-2H3,(H,19,20). The SMILES string of the molecule is COc1ccc(OCC(=O)N2CCOCC2CC(=O)O)cc1C. The minimum atomic E-state index is -0.954. The van der Waals surface area contributed by atoms with Gasteiger partial charge in [0.05, 0.1) is 32.8 Å². The number of aryl methyl sites for hydroxylation is 1. The van der Waals surface area contributed by atoms with Crippen molar-refractivity contribution in [2.24, 2.45) is 0 Å². The fraction of sp³-hybridized carbons (Fsp3) is 0.500. The monoisotopic (exact) mass is 323 g/mol. The van der Waals surface area contributed by atoms with Crippen LogP contribution in [0.4, 0.5) is 0 Å². The number of nitrogens with zero attached hydrogens (tertiary/aromatic N) is 1. The first-order valence-corrected chi connectivity index (χ1v) is 7.37. The molecule has 126 valence electrons. The molecule has 7 nitrogen and oxygen atoms in total. The van der Waals surface area contributed by atoms with Gasteiger partial charge in [-0.2, -0.15) is 0 Å². The van der Waals surface area contributed by atoms with E-state index < -0.39 is 12.0 Å². The van der Waals surface area contributed by atoms with Crippen LogP contribution >= 0.6 is 0 Å². The van der Waals surface area contributed by atoms with Gasteiger partial charge in [-0.05, 0) is 30.7 Å². The molecule has 1 aliphatic rings. The molecule has 0 saturated carbocycles. The normalized spacial score (nSPS) is 17.7. The summed E-state index contributed by atoms with van der Waals surface area (Å²) < 4.78 is 15.9. The van der Waals surface area contributed by atoms with E-state index in [1.54, 1.807) is 25.3 Å². The third-order valence-electron chi connectivity index (χ3n) is 3.69. The zero-order valence-corrected chi connectivity index (χ0v) is 13.3. The van der Waals surface area contributed by atoms with Gasteiger partial charge in [0.25, 0.3) is 5.91 Å². The molecule has 1 fully saturated rings. The van der Waals surface area contributed by atoms with Crippen molar-refractivity contribution in [2.45, 2.75) is 19.4 Å². The third kappa shape index (κ3) is 4.59. The van der Waals surface area contributed by atoms with Crippen molar-refractivity contribution < 1.29 is 28.9 Å². The lowest BCUT2D eigenvalue weighted by molar-refractivity contribution is -0.147. The topological polar surface area (TPSA) is 85.3 Å². The van der Waals surface area contributed by atoms with E-state index in [1.165, 1.54) is 4.90 Å². The van der Waals surface area contributed by atoms with Crippen molar-refractivity contribution in [1.29, 1.82) is 0 Å². The fourth-order valence-electron chi connectivity index (χ4n) is 2.52. The van der Waals surface area contributed by atoms with E-state index in [0.717, 1.165) is 11.3 Å². The molecular formula is C16H21NO6. The molecule has 1 aromatic carbocycles. The number of morpholine rings is 1. The lowest BCUT2D eigenvalue weighted by atomic mass is 10.1. The molecule has 1 aliphatic heterocycles. The van der Waals surface area contributed by atoms with Crippen LogP contribution in [0.15, 0.2) is 18.2 Å². The number of carboxylic acids is 1. The van der Waals surface area contributed by atoms with Crippen LogP contribution in [0.5, 0.6) is 11.5 Å². The molecule has 1 amide bonds. The van der Waals surface area contributed by atoms with Crippen molar-refractivity contribution >= 4 is 11.9 Å². The van der Waals surface area contributed by atoms with Gasteiger partial charge in [-0.3, -0.25) is 9.59 Å². The molecule has 1 N–H and O–H groups in total. The molecule has 1 heterocycles. The van der Waals surface area contributed by atoms with Crippen molar-refractivity contribution in [3.8, 4) is 11.5 Å². The van der Waals surface area contributed by atoms with Gasteiger partial charge in [0, 0.05) is 6.54 Å². The number of benzene rings is 1. The molecule has 23 heavy (non-hydrogen) atoms. The summed E-state index contributed by atoms with van der Waals surface area (Å²) >= 11 is 0. The molecule has 0 radical (unpaired) electrons. The van der Waals surface area contributed by atoms with Crippen LogP contribution < -0.4 is 9.47 Å².